The fourth-order valence-corrected chi connectivity index (χ4v) is 2.98. The molecule has 3 rings (SSSR count). The molecule has 1 heterocycles. The summed E-state index contributed by atoms with van der Waals surface area (Å²) in [5.41, 5.74) is 7.76. The van der Waals surface area contributed by atoms with Crippen molar-refractivity contribution in [1.82, 2.24) is 4.98 Å². The van der Waals surface area contributed by atoms with Crippen LogP contribution in [0.1, 0.15) is 23.6 Å². The Labute approximate surface area is 150 Å². The van der Waals surface area contributed by atoms with Crippen LogP contribution in [0, 0.1) is 13.8 Å². The van der Waals surface area contributed by atoms with Gasteiger partial charge in [0.15, 0.2) is 0 Å². The van der Waals surface area contributed by atoms with Crippen molar-refractivity contribution in [3.63, 3.8) is 0 Å². The molecular weight excluding hydrogens is 302 g/mol. The highest BCUT2D eigenvalue weighted by atomic mass is 14.7. The predicted octanol–water partition coefficient (Wildman–Crippen LogP) is 6.66. The first-order valence-corrected chi connectivity index (χ1v) is 8.55. The minimum Gasteiger partial charge on any atom is -0.248 e. The predicted molar refractivity (Wildman–Crippen MR) is 110 cm³/mol. The number of hydrogen-bond acceptors (Lipinski definition) is 1. The van der Waals surface area contributed by atoms with E-state index in [1.807, 2.05) is 31.2 Å². The quantitative estimate of drug-likeness (QED) is 0.488. The molecule has 0 aliphatic rings. The molecule has 0 N–H and O–H groups in total. The van der Waals surface area contributed by atoms with Gasteiger partial charge in [0, 0.05) is 10.9 Å². The maximum absolute atomic E-state index is 4.89. The van der Waals surface area contributed by atoms with Gasteiger partial charge in [-0.25, -0.2) is 4.98 Å². The molecule has 0 saturated heterocycles. The molecule has 0 spiro atoms. The third-order valence-corrected chi connectivity index (χ3v) is 4.18. The molecule has 0 saturated carbocycles. The Hall–Kier alpha value is -2.93. The van der Waals surface area contributed by atoms with Gasteiger partial charge in [-0.15, -0.1) is 0 Å². The summed E-state index contributed by atoms with van der Waals surface area (Å²) in [6, 6.07) is 17.1. The Balaban J connectivity index is 2.02. The average molecular weight is 325 g/mol. The number of allylic oxidation sites excluding steroid dienone is 5. The number of benzene rings is 2. The summed E-state index contributed by atoms with van der Waals surface area (Å²) >= 11 is 0. The zero-order valence-corrected chi connectivity index (χ0v) is 15.1. The number of pyridine rings is 1. The van der Waals surface area contributed by atoms with E-state index in [9.17, 15) is 0 Å². The van der Waals surface area contributed by atoms with Crippen LogP contribution in [0.5, 0.6) is 0 Å². The Kier molecular flexibility index (Phi) is 4.95. The Morgan fingerprint density at radius 3 is 2.36 bits per heavy atom. The van der Waals surface area contributed by atoms with E-state index in [-0.39, 0.29) is 0 Å². The van der Waals surface area contributed by atoms with Crippen molar-refractivity contribution in [2.45, 2.75) is 20.8 Å². The molecular formula is C24H23N. The van der Waals surface area contributed by atoms with Crippen molar-refractivity contribution in [1.29, 1.82) is 0 Å². The van der Waals surface area contributed by atoms with E-state index in [1.54, 1.807) is 0 Å². The van der Waals surface area contributed by atoms with Crippen molar-refractivity contribution < 1.29 is 0 Å². The summed E-state index contributed by atoms with van der Waals surface area (Å²) in [5.74, 6) is 0. The second kappa shape index (κ2) is 7.31. The summed E-state index contributed by atoms with van der Waals surface area (Å²) in [4.78, 5) is 4.89. The fourth-order valence-electron chi connectivity index (χ4n) is 2.98. The van der Waals surface area contributed by atoms with Crippen LogP contribution in [-0.4, -0.2) is 4.98 Å². The molecule has 1 heteroatoms. The maximum atomic E-state index is 4.89. The van der Waals surface area contributed by atoms with Crippen molar-refractivity contribution in [2.75, 3.05) is 0 Å². The molecule has 0 atom stereocenters. The number of aromatic nitrogens is 1. The molecule has 3 aromatic rings. The highest BCUT2D eigenvalue weighted by Gasteiger charge is 2.05. The molecule has 1 nitrogen and oxygen atoms in total. The molecule has 0 unspecified atom stereocenters. The van der Waals surface area contributed by atoms with Crippen LogP contribution in [0.15, 0.2) is 79.4 Å². The van der Waals surface area contributed by atoms with Crippen molar-refractivity contribution >= 4 is 16.5 Å². The van der Waals surface area contributed by atoms with E-state index in [4.69, 9.17) is 4.98 Å². The minimum absolute atomic E-state index is 0.985. The van der Waals surface area contributed by atoms with Gasteiger partial charge >= 0.3 is 0 Å². The van der Waals surface area contributed by atoms with Gasteiger partial charge in [-0.3, -0.25) is 0 Å². The molecule has 124 valence electrons. The molecule has 1 aromatic heterocycles. The monoisotopic (exact) mass is 325 g/mol. The van der Waals surface area contributed by atoms with E-state index in [2.05, 4.69) is 69.0 Å². The lowest BCUT2D eigenvalue weighted by molar-refractivity contribution is 1.34. The van der Waals surface area contributed by atoms with Crippen LogP contribution in [0.25, 0.3) is 27.7 Å². The molecule has 0 radical (unpaired) electrons. The number of nitrogens with zero attached hydrogens (tertiary/aromatic N) is 1. The topological polar surface area (TPSA) is 12.9 Å². The highest BCUT2D eigenvalue weighted by molar-refractivity contribution is 5.86. The third-order valence-electron chi connectivity index (χ3n) is 4.18. The van der Waals surface area contributed by atoms with Crippen LogP contribution in [-0.2, 0) is 0 Å². The summed E-state index contributed by atoms with van der Waals surface area (Å²) in [6.07, 6.45) is 8.03. The molecule has 0 bridgehead atoms. The van der Waals surface area contributed by atoms with E-state index < -0.39 is 0 Å². The van der Waals surface area contributed by atoms with Crippen LogP contribution in [0.4, 0.5) is 0 Å². The third kappa shape index (κ3) is 3.95. The zero-order valence-electron chi connectivity index (χ0n) is 15.1. The second-order valence-electron chi connectivity index (χ2n) is 6.39. The van der Waals surface area contributed by atoms with Gasteiger partial charge in [0.1, 0.15) is 0 Å². The first kappa shape index (κ1) is 16.9. The van der Waals surface area contributed by atoms with Gasteiger partial charge in [0.05, 0.1) is 11.2 Å². The summed E-state index contributed by atoms with van der Waals surface area (Å²) in [7, 11) is 0. The first-order chi connectivity index (χ1) is 12.1. The van der Waals surface area contributed by atoms with E-state index >= 15 is 0 Å². The van der Waals surface area contributed by atoms with Crippen molar-refractivity contribution in [3.05, 3.63) is 96.1 Å². The number of fused-ring (bicyclic) bond motifs is 1. The van der Waals surface area contributed by atoms with Crippen LogP contribution in [0.3, 0.4) is 0 Å². The van der Waals surface area contributed by atoms with Crippen LogP contribution in [0.2, 0.25) is 0 Å². The minimum atomic E-state index is 0.985. The number of hydrogen-bond donors (Lipinski definition) is 0. The molecule has 0 fully saturated rings. The normalized spacial score (nSPS) is 11.6. The second-order valence-corrected chi connectivity index (χ2v) is 6.39. The largest absolute Gasteiger partial charge is 0.248 e. The number of rotatable bonds is 4. The van der Waals surface area contributed by atoms with Gasteiger partial charge in [0.2, 0.25) is 0 Å². The highest BCUT2D eigenvalue weighted by Crippen LogP contribution is 2.25. The summed E-state index contributed by atoms with van der Waals surface area (Å²) < 4.78 is 0. The lowest BCUT2D eigenvalue weighted by Gasteiger charge is -2.08. The lowest BCUT2D eigenvalue weighted by atomic mass is 10.0. The molecule has 25 heavy (non-hydrogen) atoms. The van der Waals surface area contributed by atoms with Gasteiger partial charge in [-0.1, -0.05) is 66.3 Å². The average Bonchev–Trinajstić information content (AvgIpc) is 2.60. The zero-order chi connectivity index (χ0) is 17.8. The van der Waals surface area contributed by atoms with E-state index in [1.165, 1.54) is 11.1 Å². The summed E-state index contributed by atoms with van der Waals surface area (Å²) in [5, 5.41) is 1.14. The van der Waals surface area contributed by atoms with Gasteiger partial charge in [-0.2, -0.15) is 0 Å². The fraction of sp³-hybridized carbons (Fsp3) is 0.125. The smallest absolute Gasteiger partial charge is 0.0715 e. The first-order valence-electron chi connectivity index (χ1n) is 8.55. The van der Waals surface area contributed by atoms with Gasteiger partial charge in [-0.05, 0) is 56.2 Å². The Morgan fingerprint density at radius 1 is 0.920 bits per heavy atom. The Morgan fingerprint density at radius 2 is 1.64 bits per heavy atom. The standard InChI is InChI=1S/C24H23N/c1-5-6-7-8-19(4)21-10-9-20-11-12-23(25-24(20)16-21)22-14-17(2)13-18(3)15-22/h5-16H,4H2,1-3H3/b6-5-,8-7-. The molecule has 0 aliphatic carbocycles. The van der Waals surface area contributed by atoms with Crippen LogP contribution >= 0.6 is 0 Å². The van der Waals surface area contributed by atoms with Gasteiger partial charge in [0.25, 0.3) is 0 Å². The van der Waals surface area contributed by atoms with Crippen LogP contribution < -0.4 is 0 Å². The van der Waals surface area contributed by atoms with Crippen molar-refractivity contribution in [2.24, 2.45) is 0 Å². The summed E-state index contributed by atoms with van der Waals surface area (Å²) in [6.45, 7) is 10.4. The van der Waals surface area contributed by atoms with E-state index in [0.29, 0.717) is 0 Å². The molecule has 0 amide bonds. The van der Waals surface area contributed by atoms with Gasteiger partial charge < -0.3 is 0 Å². The molecule has 0 aliphatic heterocycles. The molecule has 2 aromatic carbocycles. The maximum Gasteiger partial charge on any atom is 0.0715 e. The Bertz CT molecular complexity index is 970. The van der Waals surface area contributed by atoms with Crippen molar-refractivity contribution in [3.8, 4) is 11.3 Å². The van der Waals surface area contributed by atoms with E-state index in [0.717, 1.165) is 33.3 Å². The number of aryl methyl sites for hydroxylation is 2. The lowest BCUT2D eigenvalue weighted by Crippen LogP contribution is -1.89. The SMILES string of the molecule is C=C(/C=C\C=C/C)c1ccc2ccc(-c3cc(C)cc(C)c3)nc2c1.